The van der Waals surface area contributed by atoms with E-state index in [9.17, 15) is 18.0 Å². The van der Waals surface area contributed by atoms with E-state index in [1.807, 2.05) is 55.3 Å². The van der Waals surface area contributed by atoms with Gasteiger partial charge in [0.1, 0.15) is 0 Å². The van der Waals surface area contributed by atoms with Crippen LogP contribution in [0.5, 0.6) is 0 Å². The standard InChI is InChI=1S/C23H29F3N4O/c1-16-12-20(30-10-8-18(9-11-30)23(24,25)26)5-7-21(16)28-19-4-6-22(27-2)17(13-19)14-29(3)15-31/h4-7,12-13,15,18,27-28H,8-11,14H2,1-3H3. The second-order valence-electron chi connectivity index (χ2n) is 8.07. The van der Waals surface area contributed by atoms with E-state index in [0.717, 1.165) is 40.3 Å². The van der Waals surface area contributed by atoms with Gasteiger partial charge in [0.25, 0.3) is 0 Å². The zero-order chi connectivity index (χ0) is 22.6. The topological polar surface area (TPSA) is 47.6 Å². The minimum Gasteiger partial charge on any atom is -0.388 e. The van der Waals surface area contributed by atoms with Crippen LogP contribution in [0.1, 0.15) is 24.0 Å². The van der Waals surface area contributed by atoms with Gasteiger partial charge in [-0.15, -0.1) is 0 Å². The van der Waals surface area contributed by atoms with Crippen molar-refractivity contribution < 1.29 is 18.0 Å². The number of nitrogens with zero attached hydrogens (tertiary/aromatic N) is 2. The molecule has 1 aliphatic rings. The van der Waals surface area contributed by atoms with Crippen molar-refractivity contribution in [1.82, 2.24) is 4.90 Å². The highest BCUT2D eigenvalue weighted by Gasteiger charge is 2.41. The first kappa shape index (κ1) is 22.8. The molecule has 2 N–H and O–H groups in total. The lowest BCUT2D eigenvalue weighted by Gasteiger charge is -2.34. The Labute approximate surface area is 181 Å². The molecule has 2 aromatic carbocycles. The summed E-state index contributed by atoms with van der Waals surface area (Å²) in [7, 11) is 3.57. The summed E-state index contributed by atoms with van der Waals surface area (Å²) in [6.07, 6.45) is -3.03. The Balaban J connectivity index is 1.71. The normalized spacial score (nSPS) is 15.0. The maximum Gasteiger partial charge on any atom is 0.391 e. The zero-order valence-electron chi connectivity index (χ0n) is 18.1. The lowest BCUT2D eigenvalue weighted by molar-refractivity contribution is -0.179. The van der Waals surface area contributed by atoms with Crippen LogP contribution in [0.3, 0.4) is 0 Å². The number of halogens is 3. The van der Waals surface area contributed by atoms with Crippen molar-refractivity contribution >= 4 is 29.2 Å². The van der Waals surface area contributed by atoms with Crippen molar-refractivity contribution in [3.63, 3.8) is 0 Å². The van der Waals surface area contributed by atoms with Crippen LogP contribution in [-0.2, 0) is 11.3 Å². The summed E-state index contributed by atoms with van der Waals surface area (Å²) < 4.78 is 38.7. The molecule has 0 aliphatic carbocycles. The number of anilines is 4. The van der Waals surface area contributed by atoms with Gasteiger partial charge in [0.05, 0.1) is 5.92 Å². The van der Waals surface area contributed by atoms with Gasteiger partial charge >= 0.3 is 6.18 Å². The monoisotopic (exact) mass is 434 g/mol. The number of rotatable bonds is 7. The van der Waals surface area contributed by atoms with Gasteiger partial charge in [0.2, 0.25) is 6.41 Å². The number of carbonyl (C=O) groups excluding carboxylic acids is 1. The van der Waals surface area contributed by atoms with Gasteiger partial charge in [-0.3, -0.25) is 4.79 Å². The Bertz CT molecular complexity index is 908. The minimum absolute atomic E-state index is 0.137. The van der Waals surface area contributed by atoms with E-state index in [-0.39, 0.29) is 12.8 Å². The maximum absolute atomic E-state index is 12.9. The number of aryl methyl sites for hydroxylation is 1. The van der Waals surface area contributed by atoms with Crippen LogP contribution in [0.15, 0.2) is 36.4 Å². The fraction of sp³-hybridized carbons (Fsp3) is 0.435. The van der Waals surface area contributed by atoms with Gasteiger partial charge < -0.3 is 20.4 Å². The molecule has 0 radical (unpaired) electrons. The number of carbonyl (C=O) groups is 1. The molecule has 3 rings (SSSR count). The quantitative estimate of drug-likeness (QED) is 0.592. The van der Waals surface area contributed by atoms with Gasteiger partial charge in [-0.25, -0.2) is 0 Å². The lowest BCUT2D eigenvalue weighted by Crippen LogP contribution is -2.39. The number of amides is 1. The molecule has 1 aliphatic heterocycles. The summed E-state index contributed by atoms with van der Waals surface area (Å²) >= 11 is 0. The molecule has 8 heteroatoms. The van der Waals surface area contributed by atoms with E-state index in [0.29, 0.717) is 19.6 Å². The largest absolute Gasteiger partial charge is 0.391 e. The number of piperidine rings is 1. The summed E-state index contributed by atoms with van der Waals surface area (Å²) in [5.41, 5.74) is 5.73. The average Bonchev–Trinajstić information content (AvgIpc) is 2.75. The number of hydrogen-bond acceptors (Lipinski definition) is 4. The van der Waals surface area contributed by atoms with E-state index < -0.39 is 12.1 Å². The van der Waals surface area contributed by atoms with Crippen LogP contribution in [0.4, 0.5) is 35.9 Å². The molecule has 5 nitrogen and oxygen atoms in total. The number of benzene rings is 2. The number of nitrogens with one attached hydrogen (secondary N) is 2. The van der Waals surface area contributed by atoms with Crippen molar-refractivity contribution in [2.75, 3.05) is 42.7 Å². The van der Waals surface area contributed by atoms with Gasteiger partial charge in [0.15, 0.2) is 0 Å². The fourth-order valence-electron chi connectivity index (χ4n) is 3.96. The Kier molecular flexibility index (Phi) is 6.97. The second-order valence-corrected chi connectivity index (χ2v) is 8.07. The maximum atomic E-state index is 12.9. The molecule has 31 heavy (non-hydrogen) atoms. The Hall–Kier alpha value is -2.90. The van der Waals surface area contributed by atoms with E-state index >= 15 is 0 Å². The predicted octanol–water partition coefficient (Wildman–Crippen LogP) is 5.15. The zero-order valence-corrected chi connectivity index (χ0v) is 18.1. The minimum atomic E-state index is -4.10. The van der Waals surface area contributed by atoms with Gasteiger partial charge in [-0.1, -0.05) is 0 Å². The molecular formula is C23H29F3N4O. The van der Waals surface area contributed by atoms with Crippen molar-refractivity contribution in [1.29, 1.82) is 0 Å². The molecule has 1 heterocycles. The van der Waals surface area contributed by atoms with Crippen LogP contribution in [-0.4, -0.2) is 44.7 Å². The lowest BCUT2D eigenvalue weighted by atomic mass is 9.96. The van der Waals surface area contributed by atoms with E-state index in [4.69, 9.17) is 0 Å². The molecule has 0 saturated carbocycles. The molecule has 1 fully saturated rings. The Morgan fingerprint density at radius 2 is 1.81 bits per heavy atom. The molecule has 0 spiro atoms. The van der Waals surface area contributed by atoms with Crippen LogP contribution in [0, 0.1) is 12.8 Å². The molecular weight excluding hydrogens is 405 g/mol. The van der Waals surface area contributed by atoms with Crippen molar-refractivity contribution in [2.45, 2.75) is 32.5 Å². The van der Waals surface area contributed by atoms with E-state index in [1.54, 1.807) is 11.9 Å². The third-order valence-corrected chi connectivity index (χ3v) is 5.79. The summed E-state index contributed by atoms with van der Waals surface area (Å²) in [6, 6.07) is 11.9. The second kappa shape index (κ2) is 9.49. The first-order chi connectivity index (χ1) is 14.7. The van der Waals surface area contributed by atoms with Crippen molar-refractivity contribution in [3.05, 3.63) is 47.5 Å². The molecule has 0 atom stereocenters. The Morgan fingerprint density at radius 3 is 2.39 bits per heavy atom. The van der Waals surface area contributed by atoms with E-state index in [1.165, 1.54) is 0 Å². The highest BCUT2D eigenvalue weighted by Crippen LogP contribution is 2.36. The summed E-state index contributed by atoms with van der Waals surface area (Å²) in [5, 5.41) is 6.55. The van der Waals surface area contributed by atoms with E-state index in [2.05, 4.69) is 10.6 Å². The SMILES string of the molecule is CNc1ccc(Nc2ccc(N3CCC(C(F)(F)F)CC3)cc2C)cc1CN(C)C=O. The molecule has 0 bridgehead atoms. The smallest absolute Gasteiger partial charge is 0.388 e. The number of hydrogen-bond donors (Lipinski definition) is 2. The number of alkyl halides is 3. The summed E-state index contributed by atoms with van der Waals surface area (Å²) in [5.74, 6) is -1.20. The summed E-state index contributed by atoms with van der Waals surface area (Å²) in [6.45, 7) is 3.29. The van der Waals surface area contributed by atoms with Gasteiger partial charge in [-0.05, 0) is 67.3 Å². The van der Waals surface area contributed by atoms with Crippen LogP contribution < -0.4 is 15.5 Å². The average molecular weight is 435 g/mol. The molecule has 0 unspecified atom stereocenters. The van der Waals surface area contributed by atoms with Crippen LogP contribution >= 0.6 is 0 Å². The third kappa shape index (κ3) is 5.62. The highest BCUT2D eigenvalue weighted by atomic mass is 19.4. The Morgan fingerprint density at radius 1 is 1.13 bits per heavy atom. The molecule has 168 valence electrons. The molecule has 0 aromatic heterocycles. The fourth-order valence-corrected chi connectivity index (χ4v) is 3.96. The highest BCUT2D eigenvalue weighted by molar-refractivity contribution is 5.70. The van der Waals surface area contributed by atoms with Crippen LogP contribution in [0.2, 0.25) is 0 Å². The van der Waals surface area contributed by atoms with Crippen molar-refractivity contribution in [3.8, 4) is 0 Å². The first-order valence-corrected chi connectivity index (χ1v) is 10.4. The van der Waals surface area contributed by atoms with Crippen molar-refractivity contribution in [2.24, 2.45) is 5.92 Å². The molecule has 1 amide bonds. The van der Waals surface area contributed by atoms with Crippen LogP contribution in [0.25, 0.3) is 0 Å². The first-order valence-electron chi connectivity index (χ1n) is 10.4. The third-order valence-electron chi connectivity index (χ3n) is 5.79. The summed E-state index contributed by atoms with van der Waals surface area (Å²) in [4.78, 5) is 14.6. The molecule has 2 aromatic rings. The predicted molar refractivity (Wildman–Crippen MR) is 119 cm³/mol. The molecule has 1 saturated heterocycles. The van der Waals surface area contributed by atoms with Gasteiger partial charge in [-0.2, -0.15) is 13.2 Å². The van der Waals surface area contributed by atoms with Gasteiger partial charge in [0, 0.05) is 56.5 Å².